The van der Waals surface area contributed by atoms with Crippen molar-refractivity contribution in [3.05, 3.63) is 59.0 Å². The number of likely N-dealkylation sites (N-methyl/N-ethyl adjacent to an activating group) is 1. The number of phenols is 1. The fourth-order valence-electron chi connectivity index (χ4n) is 7.87. The molecule has 2 saturated carbocycles. The number of benzene rings is 2. The van der Waals surface area contributed by atoms with E-state index in [-0.39, 0.29) is 46.2 Å². The van der Waals surface area contributed by atoms with Crippen LogP contribution in [0.15, 0.2) is 45.8 Å². The summed E-state index contributed by atoms with van der Waals surface area (Å²) in [4.78, 5) is 55.2. The van der Waals surface area contributed by atoms with Crippen LogP contribution in [-0.4, -0.2) is 88.9 Å². The summed E-state index contributed by atoms with van der Waals surface area (Å²) < 4.78 is 33.4. The van der Waals surface area contributed by atoms with Crippen molar-refractivity contribution < 1.29 is 47.4 Å². The molecule has 3 aliphatic carbocycles. The average molecular weight is 667 g/mol. The standard InChI is InChI=1S/C32H34N4O10S/c1-13-28(14(2)46-34-13)47(44,45)35-17-7-5-15(6-8-17)18-9-10-21(37)23-19(18)11-16-12-20-25(36(3)4)27(39)24(31(33)42)30(41)32(20,43)29(40)22(16)26(23)38/h5-10,16,20,22,24-25,27,35,37,39,43H,11-12H2,1-4H3,(H2,33,42)/t16-,20-,22?,24+,25-,27?,32-/m0/s1. The number of sulfonamides is 1. The fourth-order valence-corrected chi connectivity index (χ4v) is 9.27. The van der Waals surface area contributed by atoms with Gasteiger partial charge in [0.05, 0.1) is 17.6 Å². The number of aliphatic hydroxyl groups is 2. The van der Waals surface area contributed by atoms with Crippen LogP contribution in [0.1, 0.15) is 33.8 Å². The Morgan fingerprint density at radius 3 is 2.32 bits per heavy atom. The number of phenolic OH excluding ortho intramolecular Hbond substituents is 1. The Labute approximate surface area is 269 Å². The third-order valence-electron chi connectivity index (χ3n) is 9.86. The molecule has 7 atom stereocenters. The van der Waals surface area contributed by atoms with E-state index in [1.807, 2.05) is 0 Å². The minimum absolute atomic E-state index is 0.0211. The first-order valence-corrected chi connectivity index (χ1v) is 16.4. The number of anilines is 1. The number of amides is 1. The summed E-state index contributed by atoms with van der Waals surface area (Å²) in [5.74, 6) is -9.71. The summed E-state index contributed by atoms with van der Waals surface area (Å²) in [7, 11) is -0.848. The highest BCUT2D eigenvalue weighted by atomic mass is 32.2. The second kappa shape index (κ2) is 11.1. The number of hydrogen-bond donors (Lipinski definition) is 5. The van der Waals surface area contributed by atoms with Gasteiger partial charge in [-0.1, -0.05) is 23.4 Å². The molecule has 2 aromatic carbocycles. The number of aliphatic hydroxyl groups excluding tert-OH is 1. The number of hydrogen-bond acceptors (Lipinski definition) is 12. The Morgan fingerprint density at radius 1 is 1.09 bits per heavy atom. The summed E-state index contributed by atoms with van der Waals surface area (Å²) in [6.07, 6.45) is -1.51. The first-order chi connectivity index (χ1) is 22.0. The Balaban J connectivity index is 1.37. The number of Topliss-reactive ketones (excluding diaryl/α,β-unsaturated/α-hetero) is 3. The maximum Gasteiger partial charge on any atom is 0.267 e. The van der Waals surface area contributed by atoms with Gasteiger partial charge in [-0.25, -0.2) is 8.42 Å². The zero-order valence-electron chi connectivity index (χ0n) is 25.9. The number of nitrogens with one attached hydrogen (secondary N) is 1. The molecule has 1 aromatic heterocycles. The lowest BCUT2D eigenvalue weighted by Crippen LogP contribution is -2.75. The Hall–Kier alpha value is -4.44. The number of carbonyl (C=O) groups excluding carboxylic acids is 4. The topological polar surface area (TPSA) is 230 Å². The summed E-state index contributed by atoms with van der Waals surface area (Å²) >= 11 is 0. The lowest BCUT2D eigenvalue weighted by atomic mass is 9.52. The van der Waals surface area contributed by atoms with Gasteiger partial charge in [-0.05, 0) is 81.6 Å². The highest BCUT2D eigenvalue weighted by molar-refractivity contribution is 7.92. The number of ketones is 3. The van der Waals surface area contributed by atoms with E-state index in [9.17, 15) is 42.9 Å². The normalized spacial score (nSPS) is 28.9. The highest BCUT2D eigenvalue weighted by Crippen LogP contribution is 2.52. The monoisotopic (exact) mass is 666 g/mol. The molecule has 15 heteroatoms. The molecule has 0 spiro atoms. The third-order valence-corrected chi connectivity index (χ3v) is 11.5. The van der Waals surface area contributed by atoms with E-state index in [0.717, 1.165) is 0 Å². The number of aryl methyl sites for hydroxylation is 2. The van der Waals surface area contributed by atoms with Crippen LogP contribution in [0.4, 0.5) is 5.69 Å². The quantitative estimate of drug-likeness (QED) is 0.229. The van der Waals surface area contributed by atoms with Crippen molar-refractivity contribution >= 4 is 39.0 Å². The van der Waals surface area contributed by atoms with Gasteiger partial charge in [-0.3, -0.25) is 23.9 Å². The molecule has 2 unspecified atom stereocenters. The van der Waals surface area contributed by atoms with Crippen LogP contribution in [0.5, 0.6) is 5.75 Å². The van der Waals surface area contributed by atoms with Crippen molar-refractivity contribution in [2.45, 2.75) is 49.3 Å². The number of nitrogens with two attached hydrogens (primary N) is 1. The van der Waals surface area contributed by atoms with Crippen molar-refractivity contribution in [3.63, 3.8) is 0 Å². The molecular formula is C32H34N4O10S. The lowest BCUT2D eigenvalue weighted by Gasteiger charge is -2.54. The molecule has 1 amide bonds. The molecule has 0 bridgehead atoms. The molecule has 6 N–H and O–H groups in total. The molecule has 0 radical (unpaired) electrons. The second-order valence-corrected chi connectivity index (χ2v) is 14.4. The predicted molar refractivity (Wildman–Crippen MR) is 165 cm³/mol. The first kappa shape index (κ1) is 32.5. The maximum absolute atomic E-state index is 14.0. The largest absolute Gasteiger partial charge is 0.507 e. The summed E-state index contributed by atoms with van der Waals surface area (Å²) in [5, 5.41) is 37.4. The number of primary amides is 1. The molecular weight excluding hydrogens is 632 g/mol. The lowest BCUT2D eigenvalue weighted by molar-refractivity contribution is -0.190. The molecule has 0 saturated heterocycles. The number of fused-ring (bicyclic) bond motifs is 3. The van der Waals surface area contributed by atoms with Crippen LogP contribution in [0, 0.1) is 37.5 Å². The van der Waals surface area contributed by atoms with Gasteiger partial charge in [0.15, 0.2) is 33.6 Å². The average Bonchev–Trinajstić information content (AvgIpc) is 3.33. The summed E-state index contributed by atoms with van der Waals surface area (Å²) in [6.45, 7) is 3.01. The summed E-state index contributed by atoms with van der Waals surface area (Å²) in [5.41, 5.74) is 4.59. The second-order valence-electron chi connectivity index (χ2n) is 12.8. The minimum Gasteiger partial charge on any atom is -0.507 e. The molecule has 1 heterocycles. The zero-order chi connectivity index (χ0) is 34.3. The molecule has 14 nitrogen and oxygen atoms in total. The van der Waals surface area contributed by atoms with Gasteiger partial charge >= 0.3 is 0 Å². The Kier molecular flexibility index (Phi) is 7.66. The first-order valence-electron chi connectivity index (χ1n) is 14.9. The van der Waals surface area contributed by atoms with Gasteiger partial charge in [0.1, 0.15) is 17.4 Å². The molecule has 47 heavy (non-hydrogen) atoms. The molecule has 0 aliphatic heterocycles. The van der Waals surface area contributed by atoms with Crippen molar-refractivity contribution in [2.75, 3.05) is 18.8 Å². The van der Waals surface area contributed by atoms with Gasteiger partial charge in [0, 0.05) is 17.6 Å². The van der Waals surface area contributed by atoms with Crippen molar-refractivity contribution in [1.29, 1.82) is 0 Å². The van der Waals surface area contributed by atoms with Crippen LogP contribution < -0.4 is 10.5 Å². The van der Waals surface area contributed by atoms with Crippen LogP contribution >= 0.6 is 0 Å². The van der Waals surface area contributed by atoms with E-state index in [2.05, 4.69) is 9.88 Å². The molecule has 2 fully saturated rings. The summed E-state index contributed by atoms with van der Waals surface area (Å²) in [6, 6.07) is 8.25. The van der Waals surface area contributed by atoms with Gasteiger partial charge in [-0.15, -0.1) is 0 Å². The number of nitrogens with zero attached hydrogens (tertiary/aromatic N) is 2. The van der Waals surface area contributed by atoms with E-state index in [1.54, 1.807) is 32.3 Å². The third kappa shape index (κ3) is 4.79. The molecule has 3 aliphatic rings. The van der Waals surface area contributed by atoms with E-state index in [1.165, 1.54) is 36.9 Å². The smallest absolute Gasteiger partial charge is 0.267 e. The van der Waals surface area contributed by atoms with Crippen molar-refractivity contribution in [2.24, 2.45) is 29.4 Å². The number of rotatable bonds is 6. The molecule has 248 valence electrons. The minimum atomic E-state index is -4.00. The van der Waals surface area contributed by atoms with Crippen LogP contribution in [0.2, 0.25) is 0 Å². The van der Waals surface area contributed by atoms with Gasteiger partial charge in [0.25, 0.3) is 10.0 Å². The van der Waals surface area contributed by atoms with Crippen LogP contribution in [0.25, 0.3) is 11.1 Å². The molecule has 3 aromatic rings. The van der Waals surface area contributed by atoms with E-state index in [0.29, 0.717) is 16.7 Å². The predicted octanol–water partition coefficient (Wildman–Crippen LogP) is 0.731. The van der Waals surface area contributed by atoms with Crippen LogP contribution in [0.3, 0.4) is 0 Å². The highest BCUT2D eigenvalue weighted by Gasteiger charge is 2.69. The van der Waals surface area contributed by atoms with Crippen molar-refractivity contribution in [1.82, 2.24) is 10.1 Å². The van der Waals surface area contributed by atoms with Gasteiger partial charge < -0.3 is 30.5 Å². The van der Waals surface area contributed by atoms with Crippen LogP contribution in [-0.2, 0) is 30.8 Å². The fraction of sp³-hybridized carbons (Fsp3) is 0.406. The zero-order valence-corrected chi connectivity index (χ0v) is 26.7. The van der Waals surface area contributed by atoms with Gasteiger partial charge in [0.2, 0.25) is 5.91 Å². The van der Waals surface area contributed by atoms with Crippen molar-refractivity contribution in [3.8, 4) is 16.9 Å². The van der Waals surface area contributed by atoms with E-state index in [4.69, 9.17) is 10.3 Å². The van der Waals surface area contributed by atoms with Gasteiger partial charge in [-0.2, -0.15) is 0 Å². The Morgan fingerprint density at radius 2 is 1.74 bits per heavy atom. The SMILES string of the molecule is Cc1noc(C)c1S(=O)(=O)Nc1ccc(-c2ccc(O)c3c2C[C@H]2C[C@H]4[C@H](N(C)C)C(O)[C@@H](C(N)=O)C(=O)[C@@]4(O)C(=O)C2C3=O)cc1. The number of carbonyl (C=O) groups is 4. The number of aromatic hydroxyl groups is 1. The Bertz CT molecular complexity index is 1930. The molecule has 6 rings (SSSR count). The van der Waals surface area contributed by atoms with E-state index >= 15 is 0 Å². The number of aromatic nitrogens is 1. The maximum atomic E-state index is 14.0. The van der Waals surface area contributed by atoms with E-state index < -0.39 is 74.7 Å².